The van der Waals surface area contributed by atoms with Gasteiger partial charge in [-0.2, -0.15) is 0 Å². The van der Waals surface area contributed by atoms with Crippen molar-refractivity contribution in [3.8, 4) is 17.2 Å². The van der Waals surface area contributed by atoms with E-state index < -0.39 is 12.0 Å². The van der Waals surface area contributed by atoms with Gasteiger partial charge in [0.15, 0.2) is 11.5 Å². The van der Waals surface area contributed by atoms with E-state index >= 15 is 0 Å². The largest absolute Gasteiger partial charge is 0.495 e. The summed E-state index contributed by atoms with van der Waals surface area (Å²) in [5, 5.41) is 3.51. The Labute approximate surface area is 208 Å². The third-order valence-electron chi connectivity index (χ3n) is 6.22. The Morgan fingerprint density at radius 3 is 2.37 bits per heavy atom. The van der Waals surface area contributed by atoms with Gasteiger partial charge >= 0.3 is 0 Å². The second kappa shape index (κ2) is 9.84. The molecule has 182 valence electrons. The van der Waals surface area contributed by atoms with E-state index in [0.717, 1.165) is 11.1 Å². The van der Waals surface area contributed by atoms with Gasteiger partial charge in [-0.05, 0) is 47.9 Å². The summed E-state index contributed by atoms with van der Waals surface area (Å²) in [6.07, 6.45) is 3.31. The lowest BCUT2D eigenvalue weighted by atomic mass is 9.79. The van der Waals surface area contributed by atoms with E-state index in [1.54, 1.807) is 54.7 Å². The smallest absolute Gasteiger partial charge is 0.254 e. The highest BCUT2D eigenvalue weighted by Gasteiger charge is 2.44. The van der Waals surface area contributed by atoms with E-state index in [0.29, 0.717) is 39.1 Å². The molecule has 0 fully saturated rings. The average Bonchev–Trinajstić information content (AvgIpc) is 2.87. The van der Waals surface area contributed by atoms with Crippen LogP contribution in [0.3, 0.4) is 0 Å². The number of likely N-dealkylation sites (N-methyl/N-ethyl adjacent to an activating group) is 1. The highest BCUT2D eigenvalue weighted by atomic mass is 35.5. The topological polar surface area (TPSA) is 90.0 Å². The van der Waals surface area contributed by atoms with Gasteiger partial charge in [-0.1, -0.05) is 17.7 Å². The van der Waals surface area contributed by atoms with Crippen LogP contribution in [0.15, 0.2) is 48.8 Å². The van der Waals surface area contributed by atoms with Gasteiger partial charge < -0.3 is 24.4 Å². The van der Waals surface area contributed by atoms with Gasteiger partial charge in [0, 0.05) is 36.1 Å². The third kappa shape index (κ3) is 4.37. The van der Waals surface area contributed by atoms with Crippen molar-refractivity contribution < 1.29 is 23.8 Å². The van der Waals surface area contributed by atoms with Gasteiger partial charge in [0.05, 0.1) is 39.0 Å². The second-order valence-electron chi connectivity index (χ2n) is 8.21. The molecule has 3 aromatic rings. The lowest BCUT2D eigenvalue weighted by Crippen LogP contribution is -2.44. The Morgan fingerprint density at radius 2 is 1.74 bits per heavy atom. The van der Waals surface area contributed by atoms with Crippen molar-refractivity contribution in [1.29, 1.82) is 0 Å². The molecule has 0 saturated heterocycles. The summed E-state index contributed by atoms with van der Waals surface area (Å²) in [5.74, 6) is -0.0873. The fourth-order valence-electron chi connectivity index (χ4n) is 4.44. The van der Waals surface area contributed by atoms with Crippen molar-refractivity contribution in [2.24, 2.45) is 0 Å². The molecule has 1 aromatic heterocycles. The van der Waals surface area contributed by atoms with Crippen molar-refractivity contribution in [1.82, 2.24) is 9.88 Å². The Kier molecular flexibility index (Phi) is 6.84. The van der Waals surface area contributed by atoms with Crippen molar-refractivity contribution in [2.75, 3.05) is 33.7 Å². The molecule has 2 unspecified atom stereocenters. The first kappa shape index (κ1) is 24.3. The van der Waals surface area contributed by atoms with Crippen LogP contribution in [0.1, 0.15) is 39.0 Å². The number of benzene rings is 2. The summed E-state index contributed by atoms with van der Waals surface area (Å²) < 4.78 is 16.3. The molecule has 0 spiro atoms. The number of nitrogens with one attached hydrogen (secondary N) is 1. The molecule has 0 bridgehead atoms. The normalized spacial score (nSPS) is 17.0. The van der Waals surface area contributed by atoms with Gasteiger partial charge in [0.1, 0.15) is 5.75 Å². The lowest BCUT2D eigenvalue weighted by molar-refractivity contribution is -0.119. The number of hydrogen-bond acceptors (Lipinski definition) is 6. The third-order valence-corrected chi connectivity index (χ3v) is 6.63. The number of fused-ring (bicyclic) bond motifs is 1. The number of nitrogens with zero attached hydrogens (tertiary/aromatic N) is 2. The van der Waals surface area contributed by atoms with Crippen LogP contribution >= 0.6 is 11.6 Å². The number of pyridine rings is 1. The maximum atomic E-state index is 14.0. The summed E-state index contributed by atoms with van der Waals surface area (Å²) in [4.78, 5) is 33.1. The van der Waals surface area contributed by atoms with E-state index in [1.165, 1.54) is 21.3 Å². The van der Waals surface area contributed by atoms with E-state index in [9.17, 15) is 9.59 Å². The molecule has 0 aliphatic carbocycles. The molecule has 2 aromatic carbocycles. The molecular formula is C26H26ClN3O5. The number of aromatic nitrogens is 1. The molecule has 1 N–H and O–H groups in total. The highest BCUT2D eigenvalue weighted by molar-refractivity contribution is 6.31. The summed E-state index contributed by atoms with van der Waals surface area (Å²) >= 11 is 6.25. The number of methoxy groups -OCH3 is 3. The number of anilines is 1. The minimum Gasteiger partial charge on any atom is -0.495 e. The number of rotatable bonds is 6. The van der Waals surface area contributed by atoms with E-state index in [4.69, 9.17) is 25.8 Å². The highest BCUT2D eigenvalue weighted by Crippen LogP contribution is 2.46. The number of carbonyl (C=O) groups excluding carboxylic acids is 2. The molecule has 4 rings (SSSR count). The molecule has 8 nitrogen and oxygen atoms in total. The second-order valence-corrected chi connectivity index (χ2v) is 8.62. The summed E-state index contributed by atoms with van der Waals surface area (Å²) in [7, 11) is 6.19. The number of aryl methyl sites for hydroxylation is 1. The molecule has 0 radical (unpaired) electrons. The molecular weight excluding hydrogens is 470 g/mol. The molecule has 35 heavy (non-hydrogen) atoms. The zero-order chi connectivity index (χ0) is 25.3. The average molecular weight is 496 g/mol. The van der Waals surface area contributed by atoms with Gasteiger partial charge in [0.25, 0.3) is 5.91 Å². The standard InChI is InChI=1S/C26H26ClN3O5/c1-14-9-19(20(33-3)12-18(14)27)29-25(31)23-16-10-21(34-4)22(35-5)11-17(16)26(32)30(2)24(23)15-7-6-8-28-13-15/h6-13,23-24H,1-5H3,(H,29,31). The number of ether oxygens (including phenoxy) is 3. The fraction of sp³-hybridized carbons (Fsp3) is 0.269. The maximum absolute atomic E-state index is 14.0. The Balaban J connectivity index is 1.89. The van der Waals surface area contributed by atoms with E-state index in [-0.39, 0.29) is 11.8 Å². The van der Waals surface area contributed by atoms with Crippen LogP contribution < -0.4 is 19.5 Å². The van der Waals surface area contributed by atoms with Crippen LogP contribution in [0, 0.1) is 6.92 Å². The minimum atomic E-state index is -0.780. The van der Waals surface area contributed by atoms with Crippen LogP contribution in [0.5, 0.6) is 17.2 Å². The molecule has 2 heterocycles. The van der Waals surface area contributed by atoms with Crippen molar-refractivity contribution in [3.63, 3.8) is 0 Å². The quantitative estimate of drug-likeness (QED) is 0.536. The maximum Gasteiger partial charge on any atom is 0.254 e. The number of carbonyl (C=O) groups is 2. The zero-order valence-electron chi connectivity index (χ0n) is 20.1. The molecule has 1 aliphatic heterocycles. The Bertz CT molecular complexity index is 1280. The lowest BCUT2D eigenvalue weighted by Gasteiger charge is -2.40. The Hall–Kier alpha value is -3.78. The minimum absolute atomic E-state index is 0.237. The first-order valence-corrected chi connectivity index (χ1v) is 11.3. The summed E-state index contributed by atoms with van der Waals surface area (Å²) in [6, 6.07) is 9.73. The van der Waals surface area contributed by atoms with Crippen LogP contribution in [-0.4, -0.2) is 50.1 Å². The number of amides is 2. The van der Waals surface area contributed by atoms with E-state index in [2.05, 4.69) is 10.3 Å². The molecule has 2 atom stereocenters. The molecule has 0 saturated carbocycles. The van der Waals surface area contributed by atoms with Crippen molar-refractivity contribution in [3.05, 3.63) is 76.1 Å². The predicted molar refractivity (Wildman–Crippen MR) is 133 cm³/mol. The van der Waals surface area contributed by atoms with Gasteiger partial charge in [-0.3, -0.25) is 14.6 Å². The monoisotopic (exact) mass is 495 g/mol. The van der Waals surface area contributed by atoms with Crippen LogP contribution in [0.4, 0.5) is 5.69 Å². The summed E-state index contributed by atoms with van der Waals surface area (Å²) in [6.45, 7) is 1.84. The fourth-order valence-corrected chi connectivity index (χ4v) is 4.59. The molecule has 1 aliphatic rings. The van der Waals surface area contributed by atoms with Crippen LogP contribution in [0.2, 0.25) is 5.02 Å². The van der Waals surface area contributed by atoms with E-state index in [1.807, 2.05) is 13.0 Å². The van der Waals surface area contributed by atoms with Crippen molar-refractivity contribution >= 4 is 29.1 Å². The van der Waals surface area contributed by atoms with Crippen molar-refractivity contribution in [2.45, 2.75) is 18.9 Å². The number of halogens is 1. The Morgan fingerprint density at radius 1 is 1.06 bits per heavy atom. The van der Waals surface area contributed by atoms with Gasteiger partial charge in [-0.25, -0.2) is 0 Å². The van der Waals surface area contributed by atoms with Crippen LogP contribution in [0.25, 0.3) is 0 Å². The zero-order valence-corrected chi connectivity index (χ0v) is 20.8. The molecule has 2 amide bonds. The van der Waals surface area contributed by atoms with Crippen LogP contribution in [-0.2, 0) is 4.79 Å². The summed E-state index contributed by atoms with van der Waals surface area (Å²) in [5.41, 5.74) is 2.88. The SMILES string of the molecule is COc1cc(Cl)c(C)cc1NC(=O)C1c2cc(OC)c(OC)cc2C(=O)N(C)C1c1cccnc1. The van der Waals surface area contributed by atoms with Gasteiger partial charge in [-0.15, -0.1) is 0 Å². The number of hydrogen-bond donors (Lipinski definition) is 1. The predicted octanol–water partition coefficient (Wildman–Crippen LogP) is 4.62. The first-order chi connectivity index (χ1) is 16.8. The van der Waals surface area contributed by atoms with Gasteiger partial charge in [0.2, 0.25) is 5.91 Å². The first-order valence-electron chi connectivity index (χ1n) is 10.9. The molecule has 9 heteroatoms.